The zero-order valence-electron chi connectivity index (χ0n) is 15.1. The highest BCUT2D eigenvalue weighted by Gasteiger charge is 2.46. The SMILES string of the molecule is COCCN(Cc1ccc2c(c1)OCO2)C(=O)C1CC1c1ccc(C)s1. The van der Waals surface area contributed by atoms with Crippen molar-refractivity contribution in [2.75, 3.05) is 27.1 Å². The molecule has 26 heavy (non-hydrogen) atoms. The molecule has 0 radical (unpaired) electrons. The monoisotopic (exact) mass is 373 g/mol. The molecule has 6 heteroatoms. The summed E-state index contributed by atoms with van der Waals surface area (Å²) >= 11 is 1.80. The number of thiophene rings is 1. The van der Waals surface area contributed by atoms with Crippen molar-refractivity contribution in [1.82, 2.24) is 4.90 Å². The van der Waals surface area contributed by atoms with Crippen LogP contribution < -0.4 is 9.47 Å². The number of ether oxygens (including phenoxy) is 3. The Balaban J connectivity index is 1.45. The molecule has 0 spiro atoms. The van der Waals surface area contributed by atoms with Crippen LogP contribution in [0.1, 0.15) is 27.7 Å². The van der Waals surface area contributed by atoms with E-state index in [1.54, 1.807) is 18.4 Å². The first kappa shape index (κ1) is 17.4. The van der Waals surface area contributed by atoms with Crippen molar-refractivity contribution in [3.63, 3.8) is 0 Å². The van der Waals surface area contributed by atoms with Crippen molar-refractivity contribution < 1.29 is 19.0 Å². The first-order valence-electron chi connectivity index (χ1n) is 8.88. The van der Waals surface area contributed by atoms with Crippen LogP contribution in [0, 0.1) is 12.8 Å². The predicted octanol–water partition coefficient (Wildman–Crippen LogP) is 3.56. The largest absolute Gasteiger partial charge is 0.454 e. The van der Waals surface area contributed by atoms with Crippen LogP contribution in [-0.4, -0.2) is 37.9 Å². The summed E-state index contributed by atoms with van der Waals surface area (Å²) < 4.78 is 16.0. The average Bonchev–Trinajstić information content (AvgIpc) is 3.09. The van der Waals surface area contributed by atoms with E-state index in [1.165, 1.54) is 9.75 Å². The maximum absolute atomic E-state index is 13.1. The molecule has 1 fully saturated rings. The van der Waals surface area contributed by atoms with Gasteiger partial charge in [-0.3, -0.25) is 4.79 Å². The van der Waals surface area contributed by atoms with E-state index in [4.69, 9.17) is 14.2 Å². The fourth-order valence-corrected chi connectivity index (χ4v) is 4.45. The second kappa shape index (κ2) is 7.29. The molecule has 5 nitrogen and oxygen atoms in total. The highest BCUT2D eigenvalue weighted by atomic mass is 32.1. The molecule has 1 aliphatic carbocycles. The number of rotatable bonds is 7. The molecule has 1 amide bonds. The standard InChI is InChI=1S/C20H23NO4S/c1-13-3-6-19(26-13)15-10-16(15)20(22)21(7-8-23-2)11-14-4-5-17-18(9-14)25-12-24-17/h3-6,9,15-16H,7-8,10-12H2,1-2H3. The maximum Gasteiger partial charge on any atom is 0.231 e. The normalized spacial score (nSPS) is 20.2. The summed E-state index contributed by atoms with van der Waals surface area (Å²) in [5, 5.41) is 0. The van der Waals surface area contributed by atoms with Crippen LogP contribution in [0.5, 0.6) is 11.5 Å². The smallest absolute Gasteiger partial charge is 0.231 e. The molecule has 0 bridgehead atoms. The summed E-state index contributed by atoms with van der Waals surface area (Å²) in [5.41, 5.74) is 1.04. The summed E-state index contributed by atoms with van der Waals surface area (Å²) in [6, 6.07) is 10.2. The number of benzene rings is 1. The molecule has 1 aromatic carbocycles. The highest BCUT2D eigenvalue weighted by Crippen LogP contribution is 2.50. The van der Waals surface area contributed by atoms with Gasteiger partial charge in [-0.25, -0.2) is 0 Å². The quantitative estimate of drug-likeness (QED) is 0.745. The summed E-state index contributed by atoms with van der Waals surface area (Å²) in [4.78, 5) is 17.6. The number of carbonyl (C=O) groups excluding carboxylic acids is 1. The predicted molar refractivity (Wildman–Crippen MR) is 99.8 cm³/mol. The van der Waals surface area contributed by atoms with Crippen LogP contribution in [0.25, 0.3) is 0 Å². The lowest BCUT2D eigenvalue weighted by atomic mass is 10.1. The van der Waals surface area contributed by atoms with E-state index in [-0.39, 0.29) is 18.6 Å². The molecule has 2 heterocycles. The van der Waals surface area contributed by atoms with E-state index in [0.717, 1.165) is 23.5 Å². The maximum atomic E-state index is 13.1. The lowest BCUT2D eigenvalue weighted by molar-refractivity contribution is -0.134. The first-order valence-corrected chi connectivity index (χ1v) is 9.70. The fraction of sp³-hybridized carbons (Fsp3) is 0.450. The molecular weight excluding hydrogens is 350 g/mol. The van der Waals surface area contributed by atoms with Crippen molar-refractivity contribution in [3.05, 3.63) is 45.6 Å². The van der Waals surface area contributed by atoms with E-state index < -0.39 is 0 Å². The van der Waals surface area contributed by atoms with E-state index in [2.05, 4.69) is 19.1 Å². The fourth-order valence-electron chi connectivity index (χ4n) is 3.40. The lowest BCUT2D eigenvalue weighted by Gasteiger charge is -2.23. The van der Waals surface area contributed by atoms with Crippen LogP contribution in [0.3, 0.4) is 0 Å². The van der Waals surface area contributed by atoms with Crippen molar-refractivity contribution in [2.45, 2.75) is 25.8 Å². The van der Waals surface area contributed by atoms with Gasteiger partial charge in [-0.15, -0.1) is 11.3 Å². The molecule has 0 saturated heterocycles. The van der Waals surface area contributed by atoms with Gasteiger partial charge in [0.25, 0.3) is 0 Å². The first-order chi connectivity index (χ1) is 12.7. The van der Waals surface area contributed by atoms with Gasteiger partial charge < -0.3 is 19.1 Å². The molecule has 2 aromatic rings. The lowest BCUT2D eigenvalue weighted by Crippen LogP contribution is -2.34. The van der Waals surface area contributed by atoms with Crippen LogP contribution >= 0.6 is 11.3 Å². The van der Waals surface area contributed by atoms with Gasteiger partial charge >= 0.3 is 0 Å². The third-order valence-electron chi connectivity index (χ3n) is 4.92. The molecular formula is C20H23NO4S. The molecule has 2 atom stereocenters. The van der Waals surface area contributed by atoms with Crippen LogP contribution in [0.4, 0.5) is 0 Å². The van der Waals surface area contributed by atoms with Crippen LogP contribution in [0.2, 0.25) is 0 Å². The van der Waals surface area contributed by atoms with Gasteiger partial charge in [0.2, 0.25) is 12.7 Å². The number of hydrogen-bond donors (Lipinski definition) is 0. The Morgan fingerprint density at radius 2 is 2.12 bits per heavy atom. The summed E-state index contributed by atoms with van der Waals surface area (Å²) in [6.07, 6.45) is 0.948. The molecule has 0 N–H and O–H groups in total. The van der Waals surface area contributed by atoms with Gasteiger partial charge in [0, 0.05) is 41.8 Å². The molecule has 2 aliphatic rings. The molecule has 138 valence electrons. The Labute approximate surface area is 157 Å². The van der Waals surface area contributed by atoms with Crippen molar-refractivity contribution in [2.24, 2.45) is 5.92 Å². The van der Waals surface area contributed by atoms with E-state index >= 15 is 0 Å². The highest BCUT2D eigenvalue weighted by molar-refractivity contribution is 7.12. The number of aryl methyl sites for hydroxylation is 1. The Morgan fingerprint density at radius 1 is 1.27 bits per heavy atom. The molecule has 1 saturated carbocycles. The number of carbonyl (C=O) groups is 1. The number of fused-ring (bicyclic) bond motifs is 1. The zero-order chi connectivity index (χ0) is 18.1. The third kappa shape index (κ3) is 3.57. The number of methoxy groups -OCH3 is 1. The molecule has 1 aliphatic heterocycles. The Morgan fingerprint density at radius 3 is 2.88 bits per heavy atom. The van der Waals surface area contributed by atoms with E-state index in [1.807, 2.05) is 23.1 Å². The van der Waals surface area contributed by atoms with E-state index in [0.29, 0.717) is 25.6 Å². The molecule has 2 unspecified atom stereocenters. The minimum Gasteiger partial charge on any atom is -0.454 e. The topological polar surface area (TPSA) is 48.0 Å². The van der Waals surface area contributed by atoms with Gasteiger partial charge in [0.05, 0.1) is 6.61 Å². The number of hydrogen-bond acceptors (Lipinski definition) is 5. The second-order valence-electron chi connectivity index (χ2n) is 6.84. The number of nitrogens with zero attached hydrogens (tertiary/aromatic N) is 1. The van der Waals surface area contributed by atoms with Crippen LogP contribution in [-0.2, 0) is 16.1 Å². The van der Waals surface area contributed by atoms with Gasteiger partial charge in [-0.1, -0.05) is 6.07 Å². The summed E-state index contributed by atoms with van der Waals surface area (Å²) in [5.74, 6) is 2.21. The van der Waals surface area contributed by atoms with E-state index in [9.17, 15) is 4.79 Å². The summed E-state index contributed by atoms with van der Waals surface area (Å²) in [7, 11) is 1.66. The second-order valence-corrected chi connectivity index (χ2v) is 8.16. The Hall–Kier alpha value is -2.05. The third-order valence-corrected chi connectivity index (χ3v) is 6.05. The van der Waals surface area contributed by atoms with Crippen molar-refractivity contribution >= 4 is 17.2 Å². The molecule has 1 aromatic heterocycles. The molecule has 4 rings (SSSR count). The van der Waals surface area contributed by atoms with Crippen LogP contribution in [0.15, 0.2) is 30.3 Å². The van der Waals surface area contributed by atoms with Crippen molar-refractivity contribution in [3.8, 4) is 11.5 Å². The zero-order valence-corrected chi connectivity index (χ0v) is 15.9. The minimum atomic E-state index is 0.0962. The number of amides is 1. The van der Waals surface area contributed by atoms with Gasteiger partial charge in [0.15, 0.2) is 11.5 Å². The van der Waals surface area contributed by atoms with Crippen molar-refractivity contribution in [1.29, 1.82) is 0 Å². The Bertz CT molecular complexity index is 803. The van der Waals surface area contributed by atoms with Gasteiger partial charge in [0.1, 0.15) is 0 Å². The minimum absolute atomic E-state index is 0.0962. The average molecular weight is 373 g/mol. The Kier molecular flexibility index (Phi) is 4.87. The van der Waals surface area contributed by atoms with Gasteiger partial charge in [-0.05, 0) is 43.2 Å². The summed E-state index contributed by atoms with van der Waals surface area (Å²) in [6.45, 7) is 4.06. The van der Waals surface area contributed by atoms with Gasteiger partial charge in [-0.2, -0.15) is 0 Å².